The highest BCUT2D eigenvalue weighted by molar-refractivity contribution is 5.97. The zero-order chi connectivity index (χ0) is 18.8. The van der Waals surface area contributed by atoms with Gasteiger partial charge < -0.3 is 9.47 Å². The summed E-state index contributed by atoms with van der Waals surface area (Å²) in [6.07, 6.45) is 1.72. The van der Waals surface area contributed by atoms with Crippen molar-refractivity contribution in [3.63, 3.8) is 0 Å². The molecule has 1 heterocycles. The molecule has 0 saturated carbocycles. The SMILES string of the molecule is COC(=O)CCC(=O)c1ccccc1.O=C1CC[C@H](c2ccccc2)O1. The Morgan fingerprint density at radius 2 is 1.62 bits per heavy atom. The molecule has 0 unspecified atom stereocenters. The first kappa shape index (κ1) is 19.4. The Kier molecular flexibility index (Phi) is 7.55. The first-order valence-electron chi connectivity index (χ1n) is 8.49. The Bertz CT molecular complexity index is 725. The Morgan fingerprint density at radius 3 is 2.15 bits per heavy atom. The number of methoxy groups -OCH3 is 1. The van der Waals surface area contributed by atoms with Crippen LogP contribution in [0.5, 0.6) is 0 Å². The topological polar surface area (TPSA) is 69.7 Å². The molecule has 26 heavy (non-hydrogen) atoms. The summed E-state index contributed by atoms with van der Waals surface area (Å²) in [6.45, 7) is 0. The third-order valence-corrected chi connectivity index (χ3v) is 3.94. The van der Waals surface area contributed by atoms with Gasteiger partial charge in [-0.25, -0.2) is 0 Å². The number of benzene rings is 2. The zero-order valence-electron chi connectivity index (χ0n) is 14.7. The van der Waals surface area contributed by atoms with Gasteiger partial charge in [0.2, 0.25) is 0 Å². The average molecular weight is 354 g/mol. The van der Waals surface area contributed by atoms with Gasteiger partial charge in [-0.05, 0) is 12.0 Å². The second-order valence-corrected chi connectivity index (χ2v) is 5.79. The lowest BCUT2D eigenvalue weighted by molar-refractivity contribution is -0.142. The lowest BCUT2D eigenvalue weighted by Crippen LogP contribution is -2.05. The molecule has 1 aliphatic rings. The van der Waals surface area contributed by atoms with Gasteiger partial charge in [-0.1, -0.05) is 60.7 Å². The fourth-order valence-electron chi connectivity index (χ4n) is 2.51. The molecule has 5 nitrogen and oxygen atoms in total. The number of rotatable bonds is 5. The average Bonchev–Trinajstić information content (AvgIpc) is 3.14. The number of hydrogen-bond acceptors (Lipinski definition) is 5. The van der Waals surface area contributed by atoms with Gasteiger partial charge in [0.05, 0.1) is 13.5 Å². The molecule has 0 spiro atoms. The third kappa shape index (κ3) is 6.16. The van der Waals surface area contributed by atoms with Gasteiger partial charge in [-0.2, -0.15) is 0 Å². The molecular formula is C21H22O5. The summed E-state index contributed by atoms with van der Waals surface area (Å²) in [4.78, 5) is 33.0. The molecule has 0 amide bonds. The Hall–Kier alpha value is -2.95. The number of carbonyl (C=O) groups excluding carboxylic acids is 3. The van der Waals surface area contributed by atoms with E-state index in [1.807, 2.05) is 36.4 Å². The largest absolute Gasteiger partial charge is 0.469 e. The molecule has 0 aliphatic carbocycles. The van der Waals surface area contributed by atoms with Crippen LogP contribution in [0.1, 0.15) is 47.7 Å². The van der Waals surface area contributed by atoms with E-state index in [9.17, 15) is 14.4 Å². The fraction of sp³-hybridized carbons (Fsp3) is 0.286. The monoisotopic (exact) mass is 354 g/mol. The summed E-state index contributed by atoms with van der Waals surface area (Å²) in [5, 5.41) is 0. The smallest absolute Gasteiger partial charge is 0.306 e. The quantitative estimate of drug-likeness (QED) is 0.602. The first-order valence-corrected chi connectivity index (χ1v) is 8.49. The highest BCUT2D eigenvalue weighted by Gasteiger charge is 2.24. The number of ether oxygens (including phenoxy) is 2. The normalized spacial score (nSPS) is 15.4. The van der Waals surface area contributed by atoms with E-state index in [4.69, 9.17) is 4.74 Å². The minimum atomic E-state index is -0.353. The number of ketones is 1. The molecule has 136 valence electrons. The minimum absolute atomic E-state index is 0.00120. The maximum absolute atomic E-state index is 11.5. The van der Waals surface area contributed by atoms with Crippen LogP contribution in [0.25, 0.3) is 0 Å². The molecule has 5 heteroatoms. The molecule has 1 atom stereocenters. The van der Waals surface area contributed by atoms with E-state index >= 15 is 0 Å². The van der Waals surface area contributed by atoms with Crippen molar-refractivity contribution >= 4 is 17.7 Å². The van der Waals surface area contributed by atoms with Crippen LogP contribution >= 0.6 is 0 Å². The first-order chi connectivity index (χ1) is 12.6. The summed E-state index contributed by atoms with van der Waals surface area (Å²) in [6, 6.07) is 18.8. The second-order valence-electron chi connectivity index (χ2n) is 5.79. The second kappa shape index (κ2) is 10.1. The van der Waals surface area contributed by atoms with Crippen molar-refractivity contribution in [1.82, 2.24) is 0 Å². The van der Waals surface area contributed by atoms with Crippen LogP contribution < -0.4 is 0 Å². The highest BCUT2D eigenvalue weighted by atomic mass is 16.5. The Balaban J connectivity index is 0.000000189. The van der Waals surface area contributed by atoms with Crippen LogP contribution in [0.4, 0.5) is 0 Å². The van der Waals surface area contributed by atoms with E-state index in [2.05, 4.69) is 4.74 Å². The summed E-state index contributed by atoms with van der Waals surface area (Å²) < 4.78 is 9.55. The van der Waals surface area contributed by atoms with Crippen molar-refractivity contribution in [3.05, 3.63) is 71.8 Å². The van der Waals surface area contributed by atoms with E-state index in [-0.39, 0.29) is 36.7 Å². The number of Topliss-reactive ketones (excluding diaryl/α,β-unsaturated/α-hetero) is 1. The van der Waals surface area contributed by atoms with Gasteiger partial charge in [0, 0.05) is 18.4 Å². The maximum atomic E-state index is 11.5. The van der Waals surface area contributed by atoms with Gasteiger partial charge in [0.25, 0.3) is 0 Å². The summed E-state index contributed by atoms with van der Waals surface area (Å²) in [7, 11) is 1.31. The van der Waals surface area contributed by atoms with E-state index < -0.39 is 0 Å². The van der Waals surface area contributed by atoms with Gasteiger partial charge in [-0.3, -0.25) is 14.4 Å². The molecule has 2 aromatic carbocycles. The van der Waals surface area contributed by atoms with Crippen molar-refractivity contribution in [2.45, 2.75) is 31.8 Å². The van der Waals surface area contributed by atoms with E-state index in [0.717, 1.165) is 12.0 Å². The zero-order valence-corrected chi connectivity index (χ0v) is 14.7. The predicted octanol–water partition coefficient (Wildman–Crippen LogP) is 3.89. The van der Waals surface area contributed by atoms with Crippen molar-refractivity contribution in [3.8, 4) is 0 Å². The molecule has 0 aromatic heterocycles. The van der Waals surface area contributed by atoms with Crippen molar-refractivity contribution in [1.29, 1.82) is 0 Å². The van der Waals surface area contributed by atoms with E-state index in [1.54, 1.807) is 24.3 Å². The number of esters is 2. The molecule has 2 aromatic rings. The molecule has 1 aliphatic heterocycles. The van der Waals surface area contributed by atoms with Crippen LogP contribution in [-0.2, 0) is 19.1 Å². The lowest BCUT2D eigenvalue weighted by atomic mass is 10.1. The van der Waals surface area contributed by atoms with E-state index in [1.165, 1.54) is 7.11 Å². The number of cyclic esters (lactones) is 1. The molecule has 1 fully saturated rings. The fourth-order valence-corrected chi connectivity index (χ4v) is 2.51. The Morgan fingerprint density at radius 1 is 1.00 bits per heavy atom. The summed E-state index contributed by atoms with van der Waals surface area (Å²) in [5.41, 5.74) is 1.74. The number of carbonyl (C=O) groups is 3. The summed E-state index contributed by atoms with van der Waals surface area (Å²) in [5.74, 6) is -0.464. The molecular weight excluding hydrogens is 332 g/mol. The summed E-state index contributed by atoms with van der Waals surface area (Å²) >= 11 is 0. The minimum Gasteiger partial charge on any atom is -0.469 e. The third-order valence-electron chi connectivity index (χ3n) is 3.94. The van der Waals surface area contributed by atoms with Crippen LogP contribution in [0, 0.1) is 0 Å². The highest BCUT2D eigenvalue weighted by Crippen LogP contribution is 2.28. The van der Waals surface area contributed by atoms with Gasteiger partial charge in [0.15, 0.2) is 5.78 Å². The molecule has 0 bridgehead atoms. The Labute approximate surface area is 152 Å². The lowest BCUT2D eigenvalue weighted by Gasteiger charge is -2.07. The standard InChI is InChI=1S/C11H12O3.C10H10O2/c1-14-11(13)8-7-10(12)9-5-3-2-4-6-9;11-10-7-6-9(12-10)8-4-2-1-3-5-8/h2-6H,7-8H2,1H3;1-5,9H,6-7H2/t;9-/m.1/s1. The van der Waals surface area contributed by atoms with Crippen molar-refractivity contribution in [2.24, 2.45) is 0 Å². The van der Waals surface area contributed by atoms with Gasteiger partial charge in [0.1, 0.15) is 6.10 Å². The number of hydrogen-bond donors (Lipinski definition) is 0. The van der Waals surface area contributed by atoms with Crippen LogP contribution in [0.2, 0.25) is 0 Å². The van der Waals surface area contributed by atoms with Crippen LogP contribution in [-0.4, -0.2) is 24.8 Å². The van der Waals surface area contributed by atoms with E-state index in [0.29, 0.717) is 12.0 Å². The van der Waals surface area contributed by atoms with Gasteiger partial charge >= 0.3 is 11.9 Å². The molecule has 1 saturated heterocycles. The molecule has 3 rings (SSSR count). The van der Waals surface area contributed by atoms with Crippen LogP contribution in [0.3, 0.4) is 0 Å². The predicted molar refractivity (Wildman–Crippen MR) is 96.5 cm³/mol. The van der Waals surface area contributed by atoms with Crippen molar-refractivity contribution in [2.75, 3.05) is 7.11 Å². The van der Waals surface area contributed by atoms with Crippen LogP contribution in [0.15, 0.2) is 60.7 Å². The van der Waals surface area contributed by atoms with Crippen molar-refractivity contribution < 1.29 is 23.9 Å². The molecule has 0 N–H and O–H groups in total. The maximum Gasteiger partial charge on any atom is 0.306 e. The van der Waals surface area contributed by atoms with Gasteiger partial charge in [-0.15, -0.1) is 0 Å². The molecule has 0 radical (unpaired) electrons.